The molecule has 0 aliphatic heterocycles. The lowest BCUT2D eigenvalue weighted by atomic mass is 9.94. The van der Waals surface area contributed by atoms with E-state index in [1.54, 1.807) is 0 Å². The molecule has 1 aliphatic rings. The summed E-state index contributed by atoms with van der Waals surface area (Å²) in [6.07, 6.45) is 3.35. The summed E-state index contributed by atoms with van der Waals surface area (Å²) in [4.78, 5) is 14.5. The highest BCUT2D eigenvalue weighted by Gasteiger charge is 2.18. The van der Waals surface area contributed by atoms with Crippen molar-refractivity contribution in [3.63, 3.8) is 0 Å². The highest BCUT2D eigenvalue weighted by molar-refractivity contribution is 5.84. The molecular formula is C14H16N2O. The summed E-state index contributed by atoms with van der Waals surface area (Å²) >= 11 is 0. The molecule has 1 aliphatic carbocycles. The molecule has 3 rings (SSSR count). The molecule has 1 fully saturated rings. The Morgan fingerprint density at radius 1 is 1.18 bits per heavy atom. The number of anilines is 1. The number of fused-ring (bicyclic) bond motifs is 1. The van der Waals surface area contributed by atoms with Gasteiger partial charge in [0.2, 0.25) is 0 Å². The Hall–Kier alpha value is -1.77. The maximum atomic E-state index is 11.2. The number of H-pyrrole nitrogens is 1. The molecule has 0 spiro atoms. The first kappa shape index (κ1) is 10.4. The molecule has 1 saturated carbocycles. The van der Waals surface area contributed by atoms with Crippen LogP contribution in [0.1, 0.15) is 25.7 Å². The van der Waals surface area contributed by atoms with Crippen molar-refractivity contribution in [3.8, 4) is 0 Å². The van der Waals surface area contributed by atoms with E-state index in [2.05, 4.69) is 28.5 Å². The van der Waals surface area contributed by atoms with Crippen LogP contribution in [0, 0.1) is 0 Å². The molecular weight excluding hydrogens is 212 g/mol. The van der Waals surface area contributed by atoms with E-state index >= 15 is 0 Å². The van der Waals surface area contributed by atoms with Crippen LogP contribution in [0.15, 0.2) is 30.3 Å². The van der Waals surface area contributed by atoms with Crippen molar-refractivity contribution in [1.82, 2.24) is 4.98 Å². The number of carbonyl (C=O) groups excluding carboxylic acids is 1. The number of aromatic nitrogens is 1. The normalized spacial score (nSPS) is 17.5. The van der Waals surface area contributed by atoms with Crippen LogP contribution in [0.4, 0.5) is 5.82 Å². The number of hydrogen-bond donors (Lipinski definition) is 2. The van der Waals surface area contributed by atoms with Crippen LogP contribution in [0.3, 0.4) is 0 Å². The van der Waals surface area contributed by atoms with Crippen LogP contribution in [0.25, 0.3) is 10.9 Å². The monoisotopic (exact) mass is 228 g/mol. The van der Waals surface area contributed by atoms with Crippen LogP contribution in [0.5, 0.6) is 0 Å². The molecule has 3 nitrogen and oxygen atoms in total. The third-order valence-corrected chi connectivity index (χ3v) is 3.43. The molecule has 0 bridgehead atoms. The summed E-state index contributed by atoms with van der Waals surface area (Å²) in [5.41, 5.74) is 1.15. The Bertz CT molecular complexity index is 501. The lowest BCUT2D eigenvalue weighted by Crippen LogP contribution is -2.26. The third kappa shape index (κ3) is 2.18. The Labute approximate surface area is 100 Å². The van der Waals surface area contributed by atoms with Crippen molar-refractivity contribution in [2.24, 2.45) is 0 Å². The van der Waals surface area contributed by atoms with Gasteiger partial charge in [-0.3, -0.25) is 4.79 Å². The highest BCUT2D eigenvalue weighted by atomic mass is 16.1. The lowest BCUT2D eigenvalue weighted by molar-refractivity contribution is -0.120. The fraction of sp³-hybridized carbons (Fsp3) is 0.357. The van der Waals surface area contributed by atoms with Crippen LogP contribution in [-0.2, 0) is 4.79 Å². The molecule has 0 amide bonds. The number of para-hydroxylation sites is 1. The predicted molar refractivity (Wildman–Crippen MR) is 69.2 cm³/mol. The molecule has 2 N–H and O–H groups in total. The predicted octanol–water partition coefficient (Wildman–Crippen LogP) is 3.09. The van der Waals surface area contributed by atoms with Gasteiger partial charge in [-0.15, -0.1) is 0 Å². The van der Waals surface area contributed by atoms with E-state index in [1.807, 2.05) is 12.1 Å². The van der Waals surface area contributed by atoms with Gasteiger partial charge in [0.25, 0.3) is 0 Å². The average Bonchev–Trinajstić information content (AvgIpc) is 2.74. The van der Waals surface area contributed by atoms with Gasteiger partial charge in [0.1, 0.15) is 11.6 Å². The van der Waals surface area contributed by atoms with Crippen LogP contribution in [-0.4, -0.2) is 16.8 Å². The molecule has 1 aromatic heterocycles. The van der Waals surface area contributed by atoms with Crippen molar-refractivity contribution in [2.75, 3.05) is 5.32 Å². The molecule has 88 valence electrons. The van der Waals surface area contributed by atoms with Gasteiger partial charge in [0.05, 0.1) is 0 Å². The zero-order chi connectivity index (χ0) is 11.7. The van der Waals surface area contributed by atoms with Crippen molar-refractivity contribution in [2.45, 2.75) is 31.7 Å². The zero-order valence-electron chi connectivity index (χ0n) is 9.70. The van der Waals surface area contributed by atoms with Crippen LogP contribution >= 0.6 is 0 Å². The summed E-state index contributed by atoms with van der Waals surface area (Å²) in [6.45, 7) is 0. The van der Waals surface area contributed by atoms with Crippen LogP contribution < -0.4 is 5.32 Å². The molecule has 0 unspecified atom stereocenters. The van der Waals surface area contributed by atoms with Crippen molar-refractivity contribution in [1.29, 1.82) is 0 Å². The molecule has 1 heterocycles. The van der Waals surface area contributed by atoms with E-state index in [-0.39, 0.29) is 0 Å². The first-order valence-electron chi connectivity index (χ1n) is 6.17. The van der Waals surface area contributed by atoms with E-state index in [0.717, 1.165) is 37.0 Å². The Morgan fingerprint density at radius 2 is 1.94 bits per heavy atom. The number of carbonyl (C=O) groups is 1. The number of rotatable bonds is 2. The SMILES string of the molecule is O=C1CCC(Nc2cc3ccccc3[nH]2)CC1. The fourth-order valence-corrected chi connectivity index (χ4v) is 2.46. The Balaban J connectivity index is 1.74. The molecule has 1 aromatic carbocycles. The van der Waals surface area contributed by atoms with Gasteiger partial charge in [0, 0.05) is 29.8 Å². The Kier molecular flexibility index (Phi) is 2.59. The summed E-state index contributed by atoms with van der Waals surface area (Å²) < 4.78 is 0. The second kappa shape index (κ2) is 4.24. The summed E-state index contributed by atoms with van der Waals surface area (Å²) in [6, 6.07) is 10.8. The summed E-state index contributed by atoms with van der Waals surface area (Å²) in [5, 5.41) is 4.71. The van der Waals surface area contributed by atoms with Gasteiger partial charge in [-0.25, -0.2) is 0 Å². The molecule has 0 radical (unpaired) electrons. The minimum atomic E-state index is 0.402. The molecule has 3 heteroatoms. The molecule has 0 saturated heterocycles. The average molecular weight is 228 g/mol. The Morgan fingerprint density at radius 3 is 2.71 bits per heavy atom. The smallest absolute Gasteiger partial charge is 0.133 e. The quantitative estimate of drug-likeness (QED) is 0.829. The van der Waals surface area contributed by atoms with E-state index in [9.17, 15) is 4.79 Å². The van der Waals surface area contributed by atoms with Gasteiger partial charge in [0.15, 0.2) is 0 Å². The zero-order valence-corrected chi connectivity index (χ0v) is 9.70. The number of nitrogens with one attached hydrogen (secondary N) is 2. The second-order valence-corrected chi connectivity index (χ2v) is 4.73. The standard InChI is InChI=1S/C14H16N2O/c17-12-7-5-11(6-8-12)15-14-9-10-3-1-2-4-13(10)16-14/h1-4,9,11,15-16H,5-8H2. The molecule has 0 atom stereocenters. The minimum absolute atomic E-state index is 0.402. The van der Waals surface area contributed by atoms with Gasteiger partial charge < -0.3 is 10.3 Å². The largest absolute Gasteiger partial charge is 0.369 e. The lowest BCUT2D eigenvalue weighted by Gasteiger charge is -2.22. The van der Waals surface area contributed by atoms with Gasteiger partial charge in [-0.1, -0.05) is 18.2 Å². The van der Waals surface area contributed by atoms with E-state index < -0.39 is 0 Å². The number of ketones is 1. The number of hydrogen-bond acceptors (Lipinski definition) is 2. The molecule has 17 heavy (non-hydrogen) atoms. The summed E-state index contributed by atoms with van der Waals surface area (Å²) in [5.74, 6) is 1.46. The summed E-state index contributed by atoms with van der Waals surface area (Å²) in [7, 11) is 0. The van der Waals surface area contributed by atoms with E-state index in [4.69, 9.17) is 0 Å². The maximum absolute atomic E-state index is 11.2. The third-order valence-electron chi connectivity index (χ3n) is 3.43. The van der Waals surface area contributed by atoms with Crippen LogP contribution in [0.2, 0.25) is 0 Å². The van der Waals surface area contributed by atoms with E-state index in [0.29, 0.717) is 11.8 Å². The fourth-order valence-electron chi connectivity index (χ4n) is 2.46. The van der Waals surface area contributed by atoms with E-state index in [1.165, 1.54) is 5.39 Å². The van der Waals surface area contributed by atoms with Gasteiger partial charge in [-0.2, -0.15) is 0 Å². The van der Waals surface area contributed by atoms with Crippen molar-refractivity contribution >= 4 is 22.5 Å². The number of benzene rings is 1. The van der Waals surface area contributed by atoms with Crippen molar-refractivity contribution < 1.29 is 4.79 Å². The second-order valence-electron chi connectivity index (χ2n) is 4.73. The molecule has 2 aromatic rings. The highest BCUT2D eigenvalue weighted by Crippen LogP contribution is 2.22. The topological polar surface area (TPSA) is 44.9 Å². The van der Waals surface area contributed by atoms with Gasteiger partial charge >= 0.3 is 0 Å². The first-order chi connectivity index (χ1) is 8.31. The number of aromatic amines is 1. The maximum Gasteiger partial charge on any atom is 0.133 e. The first-order valence-corrected chi connectivity index (χ1v) is 6.17. The number of Topliss-reactive ketones (excluding diaryl/α,β-unsaturated/α-hetero) is 1. The minimum Gasteiger partial charge on any atom is -0.369 e. The van der Waals surface area contributed by atoms with Gasteiger partial charge in [-0.05, 0) is 25.0 Å². The van der Waals surface area contributed by atoms with Crippen molar-refractivity contribution in [3.05, 3.63) is 30.3 Å².